The molecule has 152 valence electrons. The van der Waals surface area contributed by atoms with Crippen LogP contribution in [0.2, 0.25) is 0 Å². The molecule has 1 aromatic carbocycles. The zero-order valence-electron chi connectivity index (χ0n) is 16.6. The standard InChI is InChI=1S/C20H28N4O3S/c1-15(2)23(3)28(26,27)18-11-7-8-16(14-18)20(25)22-19-12-13-21-24(19)17-9-5-4-6-10-17/h7-8,11-15,17H,4-6,9-10H2,1-3H3,(H,22,25). The highest BCUT2D eigenvalue weighted by atomic mass is 32.2. The summed E-state index contributed by atoms with van der Waals surface area (Å²) >= 11 is 0. The van der Waals surface area contributed by atoms with E-state index in [1.807, 2.05) is 4.68 Å². The molecule has 1 N–H and O–H groups in total. The summed E-state index contributed by atoms with van der Waals surface area (Å²) in [7, 11) is -2.11. The smallest absolute Gasteiger partial charge is 0.256 e. The Morgan fingerprint density at radius 2 is 1.93 bits per heavy atom. The zero-order valence-corrected chi connectivity index (χ0v) is 17.4. The van der Waals surface area contributed by atoms with Crippen LogP contribution in [-0.2, 0) is 10.0 Å². The highest BCUT2D eigenvalue weighted by Gasteiger charge is 2.24. The van der Waals surface area contributed by atoms with Gasteiger partial charge >= 0.3 is 0 Å². The predicted molar refractivity (Wildman–Crippen MR) is 109 cm³/mol. The van der Waals surface area contributed by atoms with Gasteiger partial charge in [-0.25, -0.2) is 13.1 Å². The summed E-state index contributed by atoms with van der Waals surface area (Å²) < 4.78 is 28.6. The van der Waals surface area contributed by atoms with Crippen molar-refractivity contribution in [3.8, 4) is 0 Å². The van der Waals surface area contributed by atoms with Gasteiger partial charge in [0.05, 0.1) is 17.1 Å². The largest absolute Gasteiger partial charge is 0.307 e. The van der Waals surface area contributed by atoms with Gasteiger partial charge in [-0.05, 0) is 44.9 Å². The lowest BCUT2D eigenvalue weighted by Crippen LogP contribution is -2.33. The van der Waals surface area contributed by atoms with Gasteiger partial charge in [0.15, 0.2) is 0 Å². The van der Waals surface area contributed by atoms with E-state index in [-0.39, 0.29) is 16.8 Å². The molecule has 0 radical (unpaired) electrons. The Kier molecular flexibility index (Phi) is 6.20. The number of aromatic nitrogens is 2. The number of amides is 1. The Balaban J connectivity index is 1.80. The fraction of sp³-hybridized carbons (Fsp3) is 0.500. The van der Waals surface area contributed by atoms with E-state index in [4.69, 9.17) is 0 Å². The first-order valence-electron chi connectivity index (χ1n) is 9.73. The molecule has 1 heterocycles. The van der Waals surface area contributed by atoms with Crippen molar-refractivity contribution < 1.29 is 13.2 Å². The number of carbonyl (C=O) groups is 1. The highest BCUT2D eigenvalue weighted by Crippen LogP contribution is 2.30. The third-order valence-corrected chi connectivity index (χ3v) is 7.36. The number of anilines is 1. The number of nitrogens with one attached hydrogen (secondary N) is 1. The van der Waals surface area contributed by atoms with Crippen molar-refractivity contribution >= 4 is 21.7 Å². The molecule has 0 spiro atoms. The average molecular weight is 405 g/mol. The molecule has 1 fully saturated rings. The van der Waals surface area contributed by atoms with Gasteiger partial charge in [0.1, 0.15) is 5.82 Å². The first-order chi connectivity index (χ1) is 13.3. The minimum Gasteiger partial charge on any atom is -0.307 e. The molecule has 1 aliphatic rings. The molecule has 8 heteroatoms. The molecule has 1 aromatic heterocycles. The van der Waals surface area contributed by atoms with Crippen LogP contribution in [0.5, 0.6) is 0 Å². The molecule has 28 heavy (non-hydrogen) atoms. The van der Waals surface area contributed by atoms with Gasteiger partial charge in [0.2, 0.25) is 10.0 Å². The summed E-state index contributed by atoms with van der Waals surface area (Å²) in [6, 6.07) is 8.04. The third kappa shape index (κ3) is 4.28. The molecule has 0 atom stereocenters. The second kappa shape index (κ2) is 8.45. The molecule has 0 aliphatic heterocycles. The van der Waals surface area contributed by atoms with Crippen LogP contribution in [0.4, 0.5) is 5.82 Å². The van der Waals surface area contributed by atoms with Crippen LogP contribution in [0.3, 0.4) is 0 Å². The van der Waals surface area contributed by atoms with E-state index < -0.39 is 10.0 Å². The molecule has 1 amide bonds. The summed E-state index contributed by atoms with van der Waals surface area (Å²) in [6.07, 6.45) is 7.37. The number of carbonyl (C=O) groups excluding carboxylic acids is 1. The highest BCUT2D eigenvalue weighted by molar-refractivity contribution is 7.89. The molecule has 2 aromatic rings. The number of rotatable bonds is 6. The molecule has 0 saturated heterocycles. The van der Waals surface area contributed by atoms with Gasteiger partial charge in [-0.3, -0.25) is 4.79 Å². The molecular weight excluding hydrogens is 376 g/mol. The normalized spacial score (nSPS) is 15.9. The average Bonchev–Trinajstić information content (AvgIpc) is 3.16. The summed E-state index contributed by atoms with van der Waals surface area (Å²) in [5, 5.41) is 7.27. The second-order valence-electron chi connectivity index (χ2n) is 7.55. The van der Waals surface area contributed by atoms with Crippen molar-refractivity contribution in [1.82, 2.24) is 14.1 Å². The monoisotopic (exact) mass is 404 g/mol. The van der Waals surface area contributed by atoms with E-state index in [0.717, 1.165) is 12.8 Å². The predicted octanol–water partition coefficient (Wildman–Crippen LogP) is 3.67. The van der Waals surface area contributed by atoms with Gasteiger partial charge in [0.25, 0.3) is 5.91 Å². The van der Waals surface area contributed by atoms with Gasteiger partial charge in [-0.1, -0.05) is 25.3 Å². The van der Waals surface area contributed by atoms with E-state index in [2.05, 4.69) is 10.4 Å². The van der Waals surface area contributed by atoms with Crippen LogP contribution >= 0.6 is 0 Å². The van der Waals surface area contributed by atoms with Crippen molar-refractivity contribution in [3.63, 3.8) is 0 Å². The van der Waals surface area contributed by atoms with Crippen LogP contribution in [0.1, 0.15) is 62.4 Å². The Morgan fingerprint density at radius 1 is 1.21 bits per heavy atom. The number of sulfonamides is 1. The third-order valence-electron chi connectivity index (χ3n) is 5.33. The van der Waals surface area contributed by atoms with Crippen molar-refractivity contribution in [3.05, 3.63) is 42.1 Å². The molecule has 7 nitrogen and oxygen atoms in total. The van der Waals surface area contributed by atoms with E-state index in [1.54, 1.807) is 38.2 Å². The number of benzene rings is 1. The van der Waals surface area contributed by atoms with Crippen molar-refractivity contribution in [2.45, 2.75) is 62.9 Å². The lowest BCUT2D eigenvalue weighted by Gasteiger charge is -2.24. The van der Waals surface area contributed by atoms with E-state index in [9.17, 15) is 13.2 Å². The summed E-state index contributed by atoms with van der Waals surface area (Å²) in [4.78, 5) is 12.9. The Morgan fingerprint density at radius 3 is 2.61 bits per heavy atom. The van der Waals surface area contributed by atoms with Crippen molar-refractivity contribution in [2.75, 3.05) is 12.4 Å². The zero-order chi connectivity index (χ0) is 20.3. The van der Waals surface area contributed by atoms with E-state index in [1.165, 1.54) is 42.7 Å². The maximum atomic E-state index is 12.8. The van der Waals surface area contributed by atoms with Crippen LogP contribution in [0.15, 0.2) is 41.4 Å². The fourth-order valence-corrected chi connectivity index (χ4v) is 4.87. The Hall–Kier alpha value is -2.19. The molecule has 1 aliphatic carbocycles. The Labute approximate surface area is 166 Å². The quantitative estimate of drug-likeness (QED) is 0.796. The van der Waals surface area contributed by atoms with Crippen LogP contribution in [-0.4, -0.2) is 41.5 Å². The summed E-state index contributed by atoms with van der Waals surface area (Å²) in [5.41, 5.74) is 0.301. The van der Waals surface area contributed by atoms with Gasteiger partial charge < -0.3 is 5.32 Å². The topological polar surface area (TPSA) is 84.3 Å². The van der Waals surface area contributed by atoms with Gasteiger partial charge in [-0.2, -0.15) is 9.40 Å². The fourth-order valence-electron chi connectivity index (χ4n) is 3.46. The second-order valence-corrected chi connectivity index (χ2v) is 9.55. The SMILES string of the molecule is CC(C)N(C)S(=O)(=O)c1cccc(C(=O)Nc2ccnn2C2CCCCC2)c1. The molecule has 1 saturated carbocycles. The lowest BCUT2D eigenvalue weighted by atomic mass is 9.96. The minimum atomic E-state index is -3.65. The van der Waals surface area contributed by atoms with Crippen LogP contribution in [0.25, 0.3) is 0 Å². The molecule has 0 unspecified atom stereocenters. The Bertz CT molecular complexity index is 930. The number of hydrogen-bond acceptors (Lipinski definition) is 4. The van der Waals surface area contributed by atoms with Crippen LogP contribution in [0, 0.1) is 0 Å². The maximum Gasteiger partial charge on any atom is 0.256 e. The van der Waals surface area contributed by atoms with Gasteiger partial charge in [0, 0.05) is 24.7 Å². The van der Waals surface area contributed by atoms with Crippen molar-refractivity contribution in [2.24, 2.45) is 0 Å². The molecule has 0 bridgehead atoms. The first kappa shape index (κ1) is 20.5. The van der Waals surface area contributed by atoms with Crippen molar-refractivity contribution in [1.29, 1.82) is 0 Å². The van der Waals surface area contributed by atoms with Crippen LogP contribution < -0.4 is 5.32 Å². The minimum absolute atomic E-state index is 0.108. The number of hydrogen-bond donors (Lipinski definition) is 1. The lowest BCUT2D eigenvalue weighted by molar-refractivity contribution is 0.102. The van der Waals surface area contributed by atoms with E-state index in [0.29, 0.717) is 17.4 Å². The molecule has 3 rings (SSSR count). The molecular formula is C20H28N4O3S. The van der Waals surface area contributed by atoms with Gasteiger partial charge in [-0.15, -0.1) is 0 Å². The van der Waals surface area contributed by atoms with E-state index >= 15 is 0 Å². The first-order valence-corrected chi connectivity index (χ1v) is 11.2. The number of nitrogens with zero attached hydrogens (tertiary/aromatic N) is 3. The maximum absolute atomic E-state index is 12.8. The summed E-state index contributed by atoms with van der Waals surface area (Å²) in [5.74, 6) is 0.297. The summed E-state index contributed by atoms with van der Waals surface area (Å²) in [6.45, 7) is 3.61.